The Bertz CT molecular complexity index is 1510. The summed E-state index contributed by atoms with van der Waals surface area (Å²) in [5.41, 5.74) is 2.53. The van der Waals surface area contributed by atoms with Gasteiger partial charge < -0.3 is 4.57 Å². The number of carbonyl (C=O) groups excluding carboxylic acids is 1. The molecular weight excluding hydrogens is 481 g/mol. The van der Waals surface area contributed by atoms with Crippen LogP contribution in [0, 0.1) is 5.82 Å². The van der Waals surface area contributed by atoms with Gasteiger partial charge in [-0.15, -0.1) is 0 Å². The number of aromatic nitrogens is 5. The normalized spacial score (nSPS) is 13.5. The first-order chi connectivity index (χ1) is 17.5. The number of fused-ring (bicyclic) bond motifs is 1. The standard InChI is InChI=1S/C27H25F3N6O/c1-15(2)23-19(6-5-9-31-23)24-32-12-18-11-22(37)36(26(18)34-24)13-17-8-7-16(10-20(17)28)25-33-21(14-35(25)4)27(3,29)30/h5-10,12,14-15H,11,13H2,1-4H3. The Morgan fingerprint density at radius 2 is 1.92 bits per heavy atom. The maximum Gasteiger partial charge on any atom is 0.288 e. The van der Waals surface area contributed by atoms with Crippen molar-refractivity contribution >= 4 is 11.7 Å². The summed E-state index contributed by atoms with van der Waals surface area (Å²) in [5.74, 6) is -2.63. The molecule has 0 bridgehead atoms. The molecule has 0 saturated carbocycles. The maximum atomic E-state index is 15.2. The van der Waals surface area contributed by atoms with E-state index in [9.17, 15) is 13.6 Å². The van der Waals surface area contributed by atoms with Gasteiger partial charge in [0.2, 0.25) is 5.91 Å². The number of imidazole rings is 1. The molecule has 0 unspecified atom stereocenters. The van der Waals surface area contributed by atoms with Crippen LogP contribution in [0.4, 0.5) is 19.0 Å². The second-order valence-electron chi connectivity index (χ2n) is 9.55. The second kappa shape index (κ2) is 9.10. The van der Waals surface area contributed by atoms with E-state index in [1.807, 2.05) is 26.0 Å². The Morgan fingerprint density at radius 1 is 1.14 bits per heavy atom. The molecule has 1 aliphatic rings. The zero-order chi connectivity index (χ0) is 26.5. The number of hydrogen-bond acceptors (Lipinski definition) is 5. The molecule has 0 aliphatic carbocycles. The Kier molecular flexibility index (Phi) is 6.05. The van der Waals surface area contributed by atoms with E-state index in [1.54, 1.807) is 25.5 Å². The van der Waals surface area contributed by atoms with E-state index in [0.717, 1.165) is 18.2 Å². The molecule has 1 aromatic carbocycles. The van der Waals surface area contributed by atoms with Crippen molar-refractivity contribution < 1.29 is 18.0 Å². The number of amides is 1. The molecule has 0 atom stereocenters. The van der Waals surface area contributed by atoms with E-state index in [1.165, 1.54) is 27.8 Å². The van der Waals surface area contributed by atoms with Crippen molar-refractivity contribution in [1.82, 2.24) is 24.5 Å². The van der Waals surface area contributed by atoms with Gasteiger partial charge in [-0.05, 0) is 24.1 Å². The van der Waals surface area contributed by atoms with Gasteiger partial charge in [0.05, 0.1) is 18.7 Å². The van der Waals surface area contributed by atoms with Crippen molar-refractivity contribution in [1.29, 1.82) is 0 Å². The predicted molar refractivity (Wildman–Crippen MR) is 132 cm³/mol. The lowest BCUT2D eigenvalue weighted by molar-refractivity contribution is -0.117. The molecule has 4 aromatic rings. The minimum absolute atomic E-state index is 0.0304. The fourth-order valence-corrected chi connectivity index (χ4v) is 4.42. The van der Waals surface area contributed by atoms with Crippen LogP contribution in [0.15, 0.2) is 48.9 Å². The summed E-state index contributed by atoms with van der Waals surface area (Å²) in [6.45, 7) is 4.79. The molecule has 4 heterocycles. The van der Waals surface area contributed by atoms with Crippen molar-refractivity contribution in [2.24, 2.45) is 7.05 Å². The Balaban J connectivity index is 1.45. The summed E-state index contributed by atoms with van der Waals surface area (Å²) >= 11 is 0. The molecule has 10 heteroatoms. The largest absolute Gasteiger partial charge is 0.334 e. The summed E-state index contributed by atoms with van der Waals surface area (Å²) < 4.78 is 44.0. The van der Waals surface area contributed by atoms with Crippen molar-refractivity contribution in [2.45, 2.75) is 45.6 Å². The van der Waals surface area contributed by atoms with Gasteiger partial charge in [-0.1, -0.05) is 26.0 Å². The number of benzene rings is 1. The number of hydrogen-bond donors (Lipinski definition) is 0. The van der Waals surface area contributed by atoms with Crippen LogP contribution in [-0.2, 0) is 30.7 Å². The summed E-state index contributed by atoms with van der Waals surface area (Å²) in [5, 5.41) is 0. The van der Waals surface area contributed by atoms with E-state index in [2.05, 4.69) is 19.9 Å². The number of aryl methyl sites for hydroxylation is 1. The van der Waals surface area contributed by atoms with E-state index in [4.69, 9.17) is 0 Å². The molecule has 0 saturated heterocycles. The Morgan fingerprint density at radius 3 is 2.59 bits per heavy atom. The third kappa shape index (κ3) is 4.59. The number of rotatable bonds is 6. The van der Waals surface area contributed by atoms with E-state index < -0.39 is 17.4 Å². The number of anilines is 1. The third-order valence-corrected chi connectivity index (χ3v) is 6.33. The molecule has 0 spiro atoms. The number of alkyl halides is 2. The molecule has 190 valence electrons. The van der Waals surface area contributed by atoms with Gasteiger partial charge >= 0.3 is 0 Å². The van der Waals surface area contributed by atoms with E-state index in [-0.39, 0.29) is 36.2 Å². The molecule has 0 radical (unpaired) electrons. The molecule has 1 amide bonds. The first-order valence-corrected chi connectivity index (χ1v) is 11.8. The highest BCUT2D eigenvalue weighted by Gasteiger charge is 2.32. The van der Waals surface area contributed by atoms with Crippen LogP contribution >= 0.6 is 0 Å². The number of nitrogens with zero attached hydrogens (tertiary/aromatic N) is 6. The summed E-state index contributed by atoms with van der Waals surface area (Å²) in [4.78, 5) is 31.9. The third-order valence-electron chi connectivity index (χ3n) is 6.33. The molecule has 0 fully saturated rings. The lowest BCUT2D eigenvalue weighted by Gasteiger charge is -2.18. The monoisotopic (exact) mass is 506 g/mol. The first kappa shape index (κ1) is 24.6. The summed E-state index contributed by atoms with van der Waals surface area (Å²) in [6.07, 6.45) is 4.70. The number of halogens is 3. The van der Waals surface area contributed by atoms with Crippen molar-refractivity contribution in [2.75, 3.05) is 4.90 Å². The van der Waals surface area contributed by atoms with Gasteiger partial charge in [0, 0.05) is 54.8 Å². The van der Waals surface area contributed by atoms with E-state index in [0.29, 0.717) is 22.8 Å². The zero-order valence-corrected chi connectivity index (χ0v) is 20.8. The van der Waals surface area contributed by atoms with Crippen molar-refractivity contribution in [3.63, 3.8) is 0 Å². The molecular formula is C27H25F3N6O. The fraction of sp³-hybridized carbons (Fsp3) is 0.296. The summed E-state index contributed by atoms with van der Waals surface area (Å²) in [7, 11) is 1.58. The highest BCUT2D eigenvalue weighted by atomic mass is 19.3. The predicted octanol–water partition coefficient (Wildman–Crippen LogP) is 5.40. The minimum atomic E-state index is -3.11. The molecule has 0 N–H and O–H groups in total. The molecule has 7 nitrogen and oxygen atoms in total. The lowest BCUT2D eigenvalue weighted by Crippen LogP contribution is -2.27. The quantitative estimate of drug-likeness (QED) is 0.350. The molecule has 1 aliphatic heterocycles. The van der Waals surface area contributed by atoms with Crippen LogP contribution in [0.2, 0.25) is 0 Å². The highest BCUT2D eigenvalue weighted by molar-refractivity contribution is 6.00. The summed E-state index contributed by atoms with van der Waals surface area (Å²) in [6, 6.07) is 8.09. The van der Waals surface area contributed by atoms with Crippen molar-refractivity contribution in [3.8, 4) is 22.8 Å². The van der Waals surface area contributed by atoms with Crippen LogP contribution in [0.25, 0.3) is 22.8 Å². The van der Waals surface area contributed by atoms with Crippen LogP contribution in [0.1, 0.15) is 49.2 Å². The maximum absolute atomic E-state index is 15.2. The second-order valence-corrected chi connectivity index (χ2v) is 9.55. The zero-order valence-electron chi connectivity index (χ0n) is 20.8. The highest BCUT2D eigenvalue weighted by Crippen LogP contribution is 2.33. The average Bonchev–Trinajstić information content (AvgIpc) is 3.39. The van der Waals surface area contributed by atoms with Crippen molar-refractivity contribution in [3.05, 3.63) is 77.3 Å². The number of pyridine rings is 1. The fourth-order valence-electron chi connectivity index (χ4n) is 4.42. The molecule has 5 rings (SSSR count). The lowest BCUT2D eigenvalue weighted by atomic mass is 10.0. The van der Waals surface area contributed by atoms with E-state index >= 15 is 4.39 Å². The molecule has 3 aromatic heterocycles. The number of carbonyl (C=O) groups is 1. The average molecular weight is 507 g/mol. The van der Waals surface area contributed by atoms with Gasteiger partial charge in [-0.2, -0.15) is 8.78 Å². The topological polar surface area (TPSA) is 76.8 Å². The van der Waals surface area contributed by atoms with Gasteiger partial charge in [0.1, 0.15) is 23.2 Å². The van der Waals surface area contributed by atoms with Crippen LogP contribution < -0.4 is 4.90 Å². The van der Waals surface area contributed by atoms with Crippen LogP contribution in [-0.4, -0.2) is 30.4 Å². The first-order valence-electron chi connectivity index (χ1n) is 11.8. The van der Waals surface area contributed by atoms with Crippen LogP contribution in [0.3, 0.4) is 0 Å². The molecule has 37 heavy (non-hydrogen) atoms. The van der Waals surface area contributed by atoms with Gasteiger partial charge in [0.15, 0.2) is 5.82 Å². The Hall–Kier alpha value is -4.08. The minimum Gasteiger partial charge on any atom is -0.334 e. The van der Waals surface area contributed by atoms with Gasteiger partial charge in [0.25, 0.3) is 5.92 Å². The SMILES string of the molecule is CC(C)c1ncccc1-c1ncc2c(n1)N(Cc1ccc(-c3nc(C(C)(F)F)cn3C)cc1F)C(=O)C2. The Labute approximate surface area is 212 Å². The smallest absolute Gasteiger partial charge is 0.288 e. The van der Waals surface area contributed by atoms with Gasteiger partial charge in [-0.25, -0.2) is 19.3 Å². The van der Waals surface area contributed by atoms with Crippen LogP contribution in [0.5, 0.6) is 0 Å². The van der Waals surface area contributed by atoms with Gasteiger partial charge in [-0.3, -0.25) is 14.7 Å².